The SMILES string of the molecule is Cn1nccc1CNC(=O)N[C@@H](CCC(N)=O)C(=O)O. The molecule has 0 aromatic carbocycles. The second-order valence-electron chi connectivity index (χ2n) is 4.17. The van der Waals surface area contributed by atoms with Gasteiger partial charge in [0.05, 0.1) is 12.2 Å². The topological polar surface area (TPSA) is 139 Å². The van der Waals surface area contributed by atoms with Crippen molar-refractivity contribution in [3.63, 3.8) is 0 Å². The zero-order chi connectivity index (χ0) is 15.1. The number of urea groups is 1. The van der Waals surface area contributed by atoms with Gasteiger partial charge in [0.25, 0.3) is 0 Å². The van der Waals surface area contributed by atoms with Crippen LogP contribution in [0.1, 0.15) is 18.5 Å². The fourth-order valence-electron chi connectivity index (χ4n) is 1.50. The smallest absolute Gasteiger partial charge is 0.326 e. The molecule has 0 spiro atoms. The molecule has 0 aliphatic rings. The summed E-state index contributed by atoms with van der Waals surface area (Å²) < 4.78 is 1.59. The first-order valence-corrected chi connectivity index (χ1v) is 5.92. The number of amides is 3. The summed E-state index contributed by atoms with van der Waals surface area (Å²) in [6, 6.07) is -0.0701. The molecule has 0 radical (unpaired) electrons. The third-order valence-corrected chi connectivity index (χ3v) is 2.64. The average Bonchev–Trinajstić information content (AvgIpc) is 2.77. The quantitative estimate of drug-likeness (QED) is 0.505. The van der Waals surface area contributed by atoms with Crippen molar-refractivity contribution >= 4 is 17.9 Å². The summed E-state index contributed by atoms with van der Waals surface area (Å²) in [5, 5.41) is 17.6. The van der Waals surface area contributed by atoms with E-state index in [0.717, 1.165) is 5.69 Å². The van der Waals surface area contributed by atoms with Crippen molar-refractivity contribution in [2.24, 2.45) is 12.8 Å². The average molecular weight is 283 g/mol. The number of aliphatic carboxylic acids is 1. The lowest BCUT2D eigenvalue weighted by Crippen LogP contribution is -2.46. The van der Waals surface area contributed by atoms with E-state index in [4.69, 9.17) is 10.8 Å². The first-order chi connectivity index (χ1) is 9.40. The second-order valence-corrected chi connectivity index (χ2v) is 4.17. The summed E-state index contributed by atoms with van der Waals surface area (Å²) >= 11 is 0. The van der Waals surface area contributed by atoms with Crippen LogP contribution >= 0.6 is 0 Å². The number of aryl methyl sites for hydroxylation is 1. The highest BCUT2D eigenvalue weighted by Crippen LogP contribution is 1.98. The van der Waals surface area contributed by atoms with E-state index in [2.05, 4.69) is 15.7 Å². The molecule has 110 valence electrons. The Labute approximate surface area is 115 Å². The van der Waals surface area contributed by atoms with E-state index in [1.807, 2.05) is 0 Å². The number of rotatable bonds is 7. The molecule has 20 heavy (non-hydrogen) atoms. The Morgan fingerprint density at radius 2 is 2.20 bits per heavy atom. The summed E-state index contributed by atoms with van der Waals surface area (Å²) in [5.41, 5.74) is 5.71. The number of nitrogens with zero attached hydrogens (tertiary/aromatic N) is 2. The number of carboxylic acids is 1. The van der Waals surface area contributed by atoms with Crippen LogP contribution in [0.25, 0.3) is 0 Å². The number of hydrogen-bond acceptors (Lipinski definition) is 4. The van der Waals surface area contributed by atoms with Crippen molar-refractivity contribution in [2.45, 2.75) is 25.4 Å². The maximum atomic E-state index is 11.6. The highest BCUT2D eigenvalue weighted by Gasteiger charge is 2.20. The lowest BCUT2D eigenvalue weighted by atomic mass is 10.1. The summed E-state index contributed by atoms with van der Waals surface area (Å²) in [7, 11) is 1.72. The number of hydrogen-bond donors (Lipinski definition) is 4. The van der Waals surface area contributed by atoms with Crippen molar-refractivity contribution < 1.29 is 19.5 Å². The minimum absolute atomic E-state index is 0.0518. The molecule has 0 saturated carbocycles. The predicted octanol–water partition coefficient (Wildman–Crippen LogP) is -1.06. The molecule has 1 atom stereocenters. The zero-order valence-corrected chi connectivity index (χ0v) is 11.0. The monoisotopic (exact) mass is 283 g/mol. The van der Waals surface area contributed by atoms with Gasteiger partial charge in [-0.2, -0.15) is 5.10 Å². The lowest BCUT2D eigenvalue weighted by molar-refractivity contribution is -0.139. The minimum Gasteiger partial charge on any atom is -0.480 e. The van der Waals surface area contributed by atoms with Gasteiger partial charge in [-0.3, -0.25) is 9.48 Å². The van der Waals surface area contributed by atoms with E-state index in [9.17, 15) is 14.4 Å². The van der Waals surface area contributed by atoms with Gasteiger partial charge in [-0.25, -0.2) is 9.59 Å². The van der Waals surface area contributed by atoms with Gasteiger partial charge in [-0.1, -0.05) is 0 Å². The Morgan fingerprint density at radius 3 is 2.70 bits per heavy atom. The van der Waals surface area contributed by atoms with E-state index in [0.29, 0.717) is 0 Å². The third-order valence-electron chi connectivity index (χ3n) is 2.64. The Morgan fingerprint density at radius 1 is 1.50 bits per heavy atom. The molecule has 1 aromatic rings. The van der Waals surface area contributed by atoms with Gasteiger partial charge in [0.15, 0.2) is 0 Å². The van der Waals surface area contributed by atoms with Crippen molar-refractivity contribution in [1.82, 2.24) is 20.4 Å². The van der Waals surface area contributed by atoms with E-state index in [1.165, 1.54) is 0 Å². The first kappa shape index (κ1) is 15.5. The molecule has 3 amide bonds. The first-order valence-electron chi connectivity index (χ1n) is 5.92. The molecular weight excluding hydrogens is 266 g/mol. The van der Waals surface area contributed by atoms with Crippen LogP contribution in [-0.4, -0.2) is 38.8 Å². The largest absolute Gasteiger partial charge is 0.480 e. The highest BCUT2D eigenvalue weighted by atomic mass is 16.4. The summed E-state index contributed by atoms with van der Waals surface area (Å²) in [5.74, 6) is -1.84. The van der Waals surface area contributed by atoms with E-state index in [-0.39, 0.29) is 19.4 Å². The fourth-order valence-corrected chi connectivity index (χ4v) is 1.50. The van der Waals surface area contributed by atoms with Crippen LogP contribution in [0.2, 0.25) is 0 Å². The van der Waals surface area contributed by atoms with Gasteiger partial charge in [0.1, 0.15) is 6.04 Å². The van der Waals surface area contributed by atoms with Crippen LogP contribution < -0.4 is 16.4 Å². The number of primary amides is 1. The lowest BCUT2D eigenvalue weighted by Gasteiger charge is -2.14. The van der Waals surface area contributed by atoms with Crippen LogP contribution in [0, 0.1) is 0 Å². The molecular formula is C11H17N5O4. The number of carboxylic acid groups (broad SMARTS) is 1. The molecule has 9 nitrogen and oxygen atoms in total. The Kier molecular flexibility index (Phi) is 5.51. The number of carbonyl (C=O) groups excluding carboxylic acids is 2. The van der Waals surface area contributed by atoms with Gasteiger partial charge in [0, 0.05) is 19.7 Å². The van der Waals surface area contributed by atoms with Crippen LogP contribution in [0.3, 0.4) is 0 Å². The Balaban J connectivity index is 2.43. The fraction of sp³-hybridized carbons (Fsp3) is 0.455. The van der Waals surface area contributed by atoms with Crippen molar-refractivity contribution in [2.75, 3.05) is 0 Å². The molecule has 0 unspecified atom stereocenters. The van der Waals surface area contributed by atoms with Gasteiger partial charge >= 0.3 is 12.0 Å². The van der Waals surface area contributed by atoms with Crippen LogP contribution in [0.15, 0.2) is 12.3 Å². The second kappa shape index (κ2) is 7.12. The molecule has 1 heterocycles. The molecule has 0 saturated heterocycles. The number of nitrogens with one attached hydrogen (secondary N) is 2. The molecule has 0 aliphatic heterocycles. The molecule has 1 aromatic heterocycles. The normalized spacial score (nSPS) is 11.7. The van der Waals surface area contributed by atoms with Gasteiger partial charge in [0.2, 0.25) is 5.91 Å². The van der Waals surface area contributed by atoms with Gasteiger partial charge in [-0.05, 0) is 12.5 Å². The molecule has 0 bridgehead atoms. The van der Waals surface area contributed by atoms with Crippen molar-refractivity contribution in [1.29, 1.82) is 0 Å². The highest BCUT2D eigenvalue weighted by molar-refractivity contribution is 5.83. The standard InChI is InChI=1S/C11H17N5O4/c1-16-7(4-5-14-16)6-13-11(20)15-8(10(18)19)2-3-9(12)17/h4-5,8H,2-3,6H2,1H3,(H2,12,17)(H,18,19)(H2,13,15,20)/t8-/m0/s1. The number of aromatic nitrogens is 2. The van der Waals surface area contributed by atoms with E-state index >= 15 is 0 Å². The molecule has 5 N–H and O–H groups in total. The molecule has 0 aliphatic carbocycles. The summed E-state index contributed by atoms with van der Waals surface area (Å²) in [6.07, 6.45) is 1.42. The molecule has 9 heteroatoms. The van der Waals surface area contributed by atoms with E-state index in [1.54, 1.807) is 24.0 Å². The van der Waals surface area contributed by atoms with Gasteiger partial charge < -0.3 is 21.5 Å². The summed E-state index contributed by atoms with van der Waals surface area (Å²) in [4.78, 5) is 33.1. The van der Waals surface area contributed by atoms with Crippen LogP contribution in [0.4, 0.5) is 4.79 Å². The van der Waals surface area contributed by atoms with Gasteiger partial charge in [-0.15, -0.1) is 0 Å². The Bertz CT molecular complexity index is 499. The van der Waals surface area contributed by atoms with Crippen LogP contribution in [-0.2, 0) is 23.2 Å². The summed E-state index contributed by atoms with van der Waals surface area (Å²) in [6.45, 7) is 0.213. The number of carbonyl (C=O) groups is 3. The van der Waals surface area contributed by atoms with E-state index < -0.39 is 23.9 Å². The van der Waals surface area contributed by atoms with Crippen molar-refractivity contribution in [3.8, 4) is 0 Å². The van der Waals surface area contributed by atoms with Crippen LogP contribution in [0.5, 0.6) is 0 Å². The Hall–Kier alpha value is -2.58. The third kappa shape index (κ3) is 4.96. The number of nitrogens with two attached hydrogens (primary N) is 1. The predicted molar refractivity (Wildman–Crippen MR) is 68.4 cm³/mol. The maximum absolute atomic E-state index is 11.6. The molecule has 0 fully saturated rings. The van der Waals surface area contributed by atoms with Crippen molar-refractivity contribution in [3.05, 3.63) is 18.0 Å². The maximum Gasteiger partial charge on any atom is 0.326 e. The molecule has 1 rings (SSSR count). The zero-order valence-electron chi connectivity index (χ0n) is 11.0. The minimum atomic E-state index is -1.22.